The number of amides is 1. The van der Waals surface area contributed by atoms with Crippen LogP contribution in [0.1, 0.15) is 43.0 Å². The van der Waals surface area contributed by atoms with E-state index in [0.29, 0.717) is 11.4 Å². The van der Waals surface area contributed by atoms with Crippen molar-refractivity contribution >= 4 is 11.7 Å². The van der Waals surface area contributed by atoms with Crippen LogP contribution in [-0.4, -0.2) is 21.2 Å². The molecule has 1 aromatic heterocycles. The number of aromatic nitrogens is 2. The van der Waals surface area contributed by atoms with E-state index < -0.39 is 0 Å². The van der Waals surface area contributed by atoms with Gasteiger partial charge in [0.15, 0.2) is 0 Å². The maximum absolute atomic E-state index is 12.0. The normalized spacial score (nSPS) is 17.9. The van der Waals surface area contributed by atoms with E-state index in [1.165, 1.54) is 17.3 Å². The molecule has 0 atom stereocenters. The minimum absolute atomic E-state index is 0.000630. The molecule has 0 saturated heterocycles. The molecule has 5 nitrogen and oxygen atoms in total. The van der Waals surface area contributed by atoms with Crippen LogP contribution < -0.4 is 11.1 Å². The Morgan fingerprint density at radius 2 is 2.38 bits per heavy atom. The molecule has 0 aliphatic heterocycles. The number of nitrogens with one attached hydrogen (secondary N) is 1. The van der Waals surface area contributed by atoms with Gasteiger partial charge in [0.2, 0.25) is 0 Å². The quantitative estimate of drug-likeness (QED) is 0.803. The molecule has 16 heavy (non-hydrogen) atoms. The Morgan fingerprint density at radius 1 is 1.69 bits per heavy atom. The molecule has 88 valence electrons. The summed E-state index contributed by atoms with van der Waals surface area (Å²) in [7, 11) is 1.73. The van der Waals surface area contributed by atoms with Crippen molar-refractivity contribution in [3.05, 3.63) is 11.8 Å². The number of aryl methyl sites for hydroxylation is 1. The van der Waals surface area contributed by atoms with Crippen LogP contribution in [0.5, 0.6) is 0 Å². The molecular formula is C11H18N4O. The van der Waals surface area contributed by atoms with Crippen LogP contribution in [-0.2, 0) is 7.05 Å². The van der Waals surface area contributed by atoms with Gasteiger partial charge in [-0.05, 0) is 25.7 Å². The van der Waals surface area contributed by atoms with Crippen LogP contribution in [0.25, 0.3) is 0 Å². The summed E-state index contributed by atoms with van der Waals surface area (Å²) in [6.07, 6.45) is 5.81. The first-order valence-corrected chi connectivity index (χ1v) is 5.68. The molecule has 0 unspecified atom stereocenters. The Morgan fingerprint density at radius 3 is 2.75 bits per heavy atom. The van der Waals surface area contributed by atoms with Crippen LogP contribution in [0.2, 0.25) is 0 Å². The van der Waals surface area contributed by atoms with Gasteiger partial charge in [0.1, 0.15) is 11.4 Å². The molecule has 1 fully saturated rings. The molecule has 1 aliphatic carbocycles. The lowest BCUT2D eigenvalue weighted by Gasteiger charge is -2.41. The number of carbonyl (C=O) groups is 1. The first-order valence-electron chi connectivity index (χ1n) is 5.68. The highest BCUT2D eigenvalue weighted by molar-refractivity contribution is 5.98. The van der Waals surface area contributed by atoms with Crippen molar-refractivity contribution in [1.82, 2.24) is 15.1 Å². The number of rotatable bonds is 3. The van der Waals surface area contributed by atoms with Crippen molar-refractivity contribution in [1.29, 1.82) is 0 Å². The number of hydrogen-bond donors (Lipinski definition) is 2. The van der Waals surface area contributed by atoms with E-state index >= 15 is 0 Å². The number of nitrogens with two attached hydrogens (primary N) is 1. The Bertz CT molecular complexity index is 401. The first kappa shape index (κ1) is 11.0. The standard InChI is InChI=1S/C11H18N4O/c1-3-11(5-4-6-11)14-10(16)8-7-13-15(2)9(8)12/h7H,3-6,12H2,1-2H3,(H,14,16). The van der Waals surface area contributed by atoms with Crippen molar-refractivity contribution in [2.24, 2.45) is 7.05 Å². The lowest BCUT2D eigenvalue weighted by Crippen LogP contribution is -2.53. The van der Waals surface area contributed by atoms with Crippen LogP contribution in [0.15, 0.2) is 6.20 Å². The highest BCUT2D eigenvalue weighted by Crippen LogP contribution is 2.35. The van der Waals surface area contributed by atoms with E-state index in [1.54, 1.807) is 7.05 Å². The maximum atomic E-state index is 12.0. The fourth-order valence-corrected chi connectivity index (χ4v) is 2.10. The second-order valence-electron chi connectivity index (χ2n) is 4.51. The molecule has 1 aliphatic rings. The average molecular weight is 222 g/mol. The van der Waals surface area contributed by atoms with Crippen molar-refractivity contribution in [3.8, 4) is 0 Å². The smallest absolute Gasteiger partial charge is 0.257 e. The molecule has 1 saturated carbocycles. The predicted octanol–water partition coefficient (Wildman–Crippen LogP) is 1.06. The second kappa shape index (κ2) is 3.81. The van der Waals surface area contributed by atoms with Gasteiger partial charge in [-0.1, -0.05) is 6.92 Å². The molecule has 0 aromatic carbocycles. The minimum Gasteiger partial charge on any atom is -0.383 e. The van der Waals surface area contributed by atoms with E-state index in [4.69, 9.17) is 5.73 Å². The number of anilines is 1. The van der Waals surface area contributed by atoms with Gasteiger partial charge in [-0.25, -0.2) is 0 Å². The lowest BCUT2D eigenvalue weighted by atomic mass is 9.75. The summed E-state index contributed by atoms with van der Waals surface area (Å²) >= 11 is 0. The highest BCUT2D eigenvalue weighted by Gasteiger charge is 2.37. The zero-order valence-corrected chi connectivity index (χ0v) is 9.79. The highest BCUT2D eigenvalue weighted by atomic mass is 16.1. The molecular weight excluding hydrogens is 204 g/mol. The third-order valence-electron chi connectivity index (χ3n) is 3.60. The van der Waals surface area contributed by atoms with Gasteiger partial charge >= 0.3 is 0 Å². The van der Waals surface area contributed by atoms with E-state index in [9.17, 15) is 4.79 Å². The van der Waals surface area contributed by atoms with Crippen molar-refractivity contribution in [2.75, 3.05) is 5.73 Å². The van der Waals surface area contributed by atoms with Gasteiger partial charge in [-0.15, -0.1) is 0 Å². The van der Waals surface area contributed by atoms with E-state index in [1.807, 2.05) is 0 Å². The van der Waals surface area contributed by atoms with Crippen LogP contribution in [0.3, 0.4) is 0 Å². The van der Waals surface area contributed by atoms with Crippen molar-refractivity contribution < 1.29 is 4.79 Å². The largest absolute Gasteiger partial charge is 0.383 e. The summed E-state index contributed by atoms with van der Waals surface area (Å²) in [5.41, 5.74) is 6.24. The zero-order chi connectivity index (χ0) is 11.8. The summed E-state index contributed by atoms with van der Waals surface area (Å²) in [5.74, 6) is 0.315. The van der Waals surface area contributed by atoms with E-state index in [2.05, 4.69) is 17.3 Å². The molecule has 0 spiro atoms. The van der Waals surface area contributed by atoms with Crippen LogP contribution in [0.4, 0.5) is 5.82 Å². The fraction of sp³-hybridized carbons (Fsp3) is 0.636. The number of hydrogen-bond acceptors (Lipinski definition) is 3. The molecule has 2 rings (SSSR count). The van der Waals surface area contributed by atoms with E-state index in [0.717, 1.165) is 19.3 Å². The lowest BCUT2D eigenvalue weighted by molar-refractivity contribution is 0.0821. The van der Waals surface area contributed by atoms with Crippen molar-refractivity contribution in [3.63, 3.8) is 0 Å². The molecule has 3 N–H and O–H groups in total. The molecule has 1 aromatic rings. The predicted molar refractivity (Wildman–Crippen MR) is 62.0 cm³/mol. The topological polar surface area (TPSA) is 72.9 Å². The van der Waals surface area contributed by atoms with Gasteiger partial charge in [-0.3, -0.25) is 9.48 Å². The average Bonchev–Trinajstić information content (AvgIpc) is 2.54. The van der Waals surface area contributed by atoms with Crippen LogP contribution >= 0.6 is 0 Å². The number of nitrogens with zero attached hydrogens (tertiary/aromatic N) is 2. The summed E-state index contributed by atoms with van der Waals surface area (Å²) in [6.45, 7) is 2.10. The Kier molecular flexibility index (Phi) is 2.61. The van der Waals surface area contributed by atoms with Gasteiger partial charge in [0, 0.05) is 12.6 Å². The Labute approximate surface area is 95.0 Å². The third kappa shape index (κ3) is 1.66. The van der Waals surface area contributed by atoms with E-state index in [-0.39, 0.29) is 11.4 Å². The monoisotopic (exact) mass is 222 g/mol. The molecule has 5 heteroatoms. The molecule has 0 radical (unpaired) electrons. The maximum Gasteiger partial charge on any atom is 0.257 e. The Balaban J connectivity index is 2.11. The molecule has 1 heterocycles. The molecule has 1 amide bonds. The zero-order valence-electron chi connectivity index (χ0n) is 9.79. The van der Waals surface area contributed by atoms with Crippen molar-refractivity contribution in [2.45, 2.75) is 38.1 Å². The minimum atomic E-state index is -0.104. The van der Waals surface area contributed by atoms with Crippen LogP contribution in [0, 0.1) is 0 Å². The first-order chi connectivity index (χ1) is 7.58. The van der Waals surface area contributed by atoms with Gasteiger partial charge < -0.3 is 11.1 Å². The van der Waals surface area contributed by atoms with Gasteiger partial charge in [-0.2, -0.15) is 5.10 Å². The fourth-order valence-electron chi connectivity index (χ4n) is 2.10. The van der Waals surface area contributed by atoms with Gasteiger partial charge in [0.05, 0.1) is 6.20 Å². The summed E-state index contributed by atoms with van der Waals surface area (Å²) in [5, 5.41) is 7.05. The molecule has 0 bridgehead atoms. The summed E-state index contributed by atoms with van der Waals surface area (Å²) in [6, 6.07) is 0. The number of nitrogen functional groups attached to an aromatic ring is 1. The summed E-state index contributed by atoms with van der Waals surface area (Å²) < 4.78 is 1.51. The van der Waals surface area contributed by atoms with Gasteiger partial charge in [0.25, 0.3) is 5.91 Å². The second-order valence-corrected chi connectivity index (χ2v) is 4.51. The Hall–Kier alpha value is -1.52. The third-order valence-corrected chi connectivity index (χ3v) is 3.60. The SMILES string of the molecule is CCC1(NC(=O)c2cnn(C)c2N)CCC1. The summed E-state index contributed by atoms with van der Waals surface area (Å²) in [4.78, 5) is 12.0. The number of carbonyl (C=O) groups excluding carboxylic acids is 1.